The van der Waals surface area contributed by atoms with Gasteiger partial charge in [0.05, 0.1) is 5.39 Å². The van der Waals surface area contributed by atoms with E-state index in [1.54, 1.807) is 18.2 Å². The molecular weight excluding hydrogens is 424 g/mol. The van der Waals surface area contributed by atoms with E-state index in [2.05, 4.69) is 26.8 Å². The van der Waals surface area contributed by atoms with Crippen LogP contribution < -0.4 is 14.9 Å². The molecule has 0 spiro atoms. The molecule has 4 aromatic rings. The maximum Gasteiger partial charge on any atom is 0.371 e. The summed E-state index contributed by atoms with van der Waals surface area (Å²) in [6.45, 7) is 8.31. The Morgan fingerprint density at radius 2 is 1.82 bits per heavy atom. The van der Waals surface area contributed by atoms with Gasteiger partial charge in [-0.2, -0.15) is 0 Å². The van der Waals surface area contributed by atoms with E-state index in [1.165, 1.54) is 18.4 Å². The Morgan fingerprint density at radius 3 is 2.52 bits per heavy atom. The molecule has 2 aromatic carbocycles. The van der Waals surface area contributed by atoms with Crippen LogP contribution in [0.4, 0.5) is 0 Å². The summed E-state index contributed by atoms with van der Waals surface area (Å²) in [6, 6.07) is 13.6. The molecule has 0 aliphatic rings. The summed E-state index contributed by atoms with van der Waals surface area (Å²) in [6.07, 6.45) is 1.30. The first-order valence-corrected chi connectivity index (χ1v) is 10.4. The number of fused-ring (bicyclic) bond motifs is 1. The number of carboxylic acid groups (broad SMARTS) is 1. The van der Waals surface area contributed by atoms with Gasteiger partial charge in [0.1, 0.15) is 35.7 Å². The van der Waals surface area contributed by atoms with E-state index in [9.17, 15) is 9.59 Å². The van der Waals surface area contributed by atoms with Crippen molar-refractivity contribution in [2.24, 2.45) is 0 Å². The number of hydrogen-bond donors (Lipinski definition) is 1. The van der Waals surface area contributed by atoms with Gasteiger partial charge in [-0.15, -0.1) is 0 Å². The van der Waals surface area contributed by atoms with Crippen molar-refractivity contribution in [1.29, 1.82) is 0 Å². The lowest BCUT2D eigenvalue weighted by molar-refractivity contribution is 0.0658. The number of hydrogen-bond acceptors (Lipinski definition) is 6. The van der Waals surface area contributed by atoms with Crippen molar-refractivity contribution in [3.8, 4) is 17.2 Å². The summed E-state index contributed by atoms with van der Waals surface area (Å²) in [4.78, 5) is 23.9. The molecule has 0 bridgehead atoms. The molecule has 0 radical (unpaired) electrons. The summed E-state index contributed by atoms with van der Waals surface area (Å²) >= 11 is 0. The van der Waals surface area contributed by atoms with Gasteiger partial charge in [0.15, 0.2) is 0 Å². The van der Waals surface area contributed by atoms with Gasteiger partial charge in [-0.3, -0.25) is 4.79 Å². The van der Waals surface area contributed by atoms with Crippen molar-refractivity contribution >= 4 is 16.9 Å². The monoisotopic (exact) mass is 448 g/mol. The average molecular weight is 448 g/mol. The van der Waals surface area contributed by atoms with Crippen LogP contribution in [0, 0.1) is 6.92 Å². The van der Waals surface area contributed by atoms with Crippen LogP contribution in [0.2, 0.25) is 0 Å². The van der Waals surface area contributed by atoms with Crippen molar-refractivity contribution < 1.29 is 28.2 Å². The van der Waals surface area contributed by atoms with E-state index in [0.29, 0.717) is 28.2 Å². The van der Waals surface area contributed by atoms with Gasteiger partial charge < -0.3 is 23.4 Å². The third-order valence-electron chi connectivity index (χ3n) is 5.13. The molecular formula is C26H24O7. The SMILES string of the molecule is Cc1ccc(Oc2coc3cc(OCc4ccc(C(=O)O)o4)ccc3c2=O)c(C(C)(C)C)c1. The Hall–Kier alpha value is -4.00. The Bertz CT molecular complexity index is 1390. The van der Waals surface area contributed by atoms with E-state index in [1.807, 2.05) is 19.1 Å². The molecule has 1 N–H and O–H groups in total. The van der Waals surface area contributed by atoms with Crippen LogP contribution in [-0.4, -0.2) is 11.1 Å². The predicted molar refractivity (Wildman–Crippen MR) is 122 cm³/mol. The second-order valence-corrected chi connectivity index (χ2v) is 8.80. The number of carboxylic acids is 1. The third kappa shape index (κ3) is 4.77. The summed E-state index contributed by atoms with van der Waals surface area (Å²) in [5.41, 5.74) is 1.99. The highest BCUT2D eigenvalue weighted by molar-refractivity contribution is 5.84. The molecule has 4 rings (SSSR count). The first-order chi connectivity index (χ1) is 15.6. The highest BCUT2D eigenvalue weighted by Gasteiger charge is 2.21. The van der Waals surface area contributed by atoms with Crippen molar-refractivity contribution in [3.63, 3.8) is 0 Å². The highest BCUT2D eigenvalue weighted by Crippen LogP contribution is 2.34. The molecule has 0 atom stereocenters. The van der Waals surface area contributed by atoms with Gasteiger partial charge >= 0.3 is 5.97 Å². The van der Waals surface area contributed by atoms with Crippen LogP contribution >= 0.6 is 0 Å². The molecule has 2 aromatic heterocycles. The van der Waals surface area contributed by atoms with Crippen LogP contribution in [0.5, 0.6) is 17.2 Å². The van der Waals surface area contributed by atoms with E-state index >= 15 is 0 Å². The molecule has 0 unspecified atom stereocenters. The van der Waals surface area contributed by atoms with Crippen LogP contribution in [0.1, 0.15) is 48.2 Å². The topological polar surface area (TPSA) is 99.1 Å². The lowest BCUT2D eigenvalue weighted by Crippen LogP contribution is -2.14. The fraction of sp³-hybridized carbons (Fsp3) is 0.231. The zero-order valence-corrected chi connectivity index (χ0v) is 18.8. The summed E-state index contributed by atoms with van der Waals surface area (Å²) in [7, 11) is 0. The van der Waals surface area contributed by atoms with Crippen LogP contribution in [0.25, 0.3) is 11.0 Å². The number of carbonyl (C=O) groups is 1. The maximum atomic E-state index is 13.0. The number of ether oxygens (including phenoxy) is 2. The van der Waals surface area contributed by atoms with Crippen LogP contribution in [0.3, 0.4) is 0 Å². The van der Waals surface area contributed by atoms with E-state index in [0.717, 1.165) is 11.1 Å². The molecule has 2 heterocycles. The first kappa shape index (κ1) is 22.2. The smallest absolute Gasteiger partial charge is 0.371 e. The molecule has 33 heavy (non-hydrogen) atoms. The van der Waals surface area contributed by atoms with Gasteiger partial charge in [-0.25, -0.2) is 4.79 Å². The van der Waals surface area contributed by atoms with Crippen LogP contribution in [-0.2, 0) is 12.0 Å². The van der Waals surface area contributed by atoms with E-state index < -0.39 is 5.97 Å². The number of furan rings is 1. The van der Waals surface area contributed by atoms with Crippen molar-refractivity contribution in [3.05, 3.63) is 87.7 Å². The Balaban J connectivity index is 1.57. The van der Waals surface area contributed by atoms with Crippen molar-refractivity contribution in [2.45, 2.75) is 39.7 Å². The summed E-state index contributed by atoms with van der Waals surface area (Å²) in [5, 5.41) is 9.28. The largest absolute Gasteiger partial charge is 0.486 e. The fourth-order valence-electron chi connectivity index (χ4n) is 3.41. The second kappa shape index (κ2) is 8.50. The van der Waals surface area contributed by atoms with Gasteiger partial charge in [0.2, 0.25) is 16.9 Å². The minimum atomic E-state index is -1.15. The summed E-state index contributed by atoms with van der Waals surface area (Å²) in [5.74, 6) is 0.216. The minimum absolute atomic E-state index is 0.0349. The van der Waals surface area contributed by atoms with Gasteiger partial charge in [-0.1, -0.05) is 38.5 Å². The van der Waals surface area contributed by atoms with Crippen LogP contribution in [0.15, 0.2) is 68.4 Å². The molecule has 0 aliphatic heterocycles. The number of benzene rings is 2. The van der Waals surface area contributed by atoms with E-state index in [4.69, 9.17) is 23.4 Å². The number of aromatic carboxylic acids is 1. The molecule has 0 saturated heterocycles. The Morgan fingerprint density at radius 1 is 1.03 bits per heavy atom. The summed E-state index contributed by atoms with van der Waals surface area (Å²) < 4.78 is 22.5. The van der Waals surface area contributed by atoms with E-state index in [-0.39, 0.29) is 29.0 Å². The highest BCUT2D eigenvalue weighted by atomic mass is 16.5. The normalized spacial score (nSPS) is 11.5. The van der Waals surface area contributed by atoms with Gasteiger partial charge in [0.25, 0.3) is 0 Å². The Labute approximate surface area is 190 Å². The zero-order chi connectivity index (χ0) is 23.8. The fourth-order valence-corrected chi connectivity index (χ4v) is 3.41. The second-order valence-electron chi connectivity index (χ2n) is 8.80. The lowest BCUT2D eigenvalue weighted by Gasteiger charge is -2.23. The molecule has 7 nitrogen and oxygen atoms in total. The first-order valence-electron chi connectivity index (χ1n) is 10.4. The number of aryl methyl sites for hydroxylation is 1. The molecule has 170 valence electrons. The molecule has 0 aliphatic carbocycles. The average Bonchev–Trinajstić information content (AvgIpc) is 3.24. The third-order valence-corrected chi connectivity index (χ3v) is 5.13. The lowest BCUT2D eigenvalue weighted by atomic mass is 9.85. The molecule has 7 heteroatoms. The van der Waals surface area contributed by atoms with Crippen molar-refractivity contribution in [2.75, 3.05) is 0 Å². The van der Waals surface area contributed by atoms with Gasteiger partial charge in [0, 0.05) is 11.6 Å². The molecule has 0 fully saturated rings. The zero-order valence-electron chi connectivity index (χ0n) is 18.8. The minimum Gasteiger partial charge on any atom is -0.486 e. The quantitative estimate of drug-likeness (QED) is 0.383. The van der Waals surface area contributed by atoms with Crippen molar-refractivity contribution in [1.82, 2.24) is 0 Å². The number of rotatable bonds is 6. The standard InChI is InChI=1S/C26H24O7/c1-15-5-9-20(19(11-15)26(2,3)4)33-23-14-31-22-12-16(6-8-18(22)24(23)27)30-13-17-7-10-21(32-17)25(28)29/h5-12,14H,13H2,1-4H3,(H,28,29). The predicted octanol–water partition coefficient (Wildman–Crippen LogP) is 6.06. The molecule has 0 amide bonds. The Kier molecular flexibility index (Phi) is 5.72. The van der Waals surface area contributed by atoms with Gasteiger partial charge in [-0.05, 0) is 42.7 Å². The maximum absolute atomic E-state index is 13.0. The molecule has 0 saturated carbocycles.